The Bertz CT molecular complexity index is 518. The topological polar surface area (TPSA) is 87.1 Å². The number of nitrogens with one attached hydrogen (secondary N) is 1. The standard InChI is InChI=1S/C12H14Cl2N4O2/c1-20-12(19)11(16-5-2-6-17-18-15)8-3-4-9(13)10(14)7-8/h3-4,7,11,16H,2,5-6H2,1H3. The molecule has 20 heavy (non-hydrogen) atoms. The Morgan fingerprint density at radius 3 is 2.85 bits per heavy atom. The minimum Gasteiger partial charge on any atom is -0.468 e. The van der Waals surface area contributed by atoms with Gasteiger partial charge in [0, 0.05) is 11.5 Å². The third-order valence-corrected chi connectivity index (χ3v) is 3.30. The molecule has 0 aliphatic heterocycles. The fourth-order valence-electron chi connectivity index (χ4n) is 1.59. The lowest BCUT2D eigenvalue weighted by atomic mass is 10.1. The molecule has 8 heteroatoms. The second kappa shape index (κ2) is 8.66. The van der Waals surface area contributed by atoms with E-state index in [1.165, 1.54) is 7.11 Å². The van der Waals surface area contributed by atoms with Crippen molar-refractivity contribution in [2.45, 2.75) is 12.5 Å². The Kier molecular flexibility index (Phi) is 7.18. The van der Waals surface area contributed by atoms with Gasteiger partial charge < -0.3 is 10.1 Å². The van der Waals surface area contributed by atoms with E-state index in [-0.39, 0.29) is 0 Å². The summed E-state index contributed by atoms with van der Waals surface area (Å²) < 4.78 is 4.76. The molecule has 0 bridgehead atoms. The molecule has 1 atom stereocenters. The number of carbonyl (C=O) groups is 1. The van der Waals surface area contributed by atoms with Gasteiger partial charge in [0.15, 0.2) is 0 Å². The number of esters is 1. The van der Waals surface area contributed by atoms with Crippen LogP contribution in [0.2, 0.25) is 10.0 Å². The van der Waals surface area contributed by atoms with Crippen molar-refractivity contribution >= 4 is 29.2 Å². The van der Waals surface area contributed by atoms with E-state index in [1.807, 2.05) is 0 Å². The highest BCUT2D eigenvalue weighted by Crippen LogP contribution is 2.26. The zero-order chi connectivity index (χ0) is 15.0. The summed E-state index contributed by atoms with van der Waals surface area (Å²) in [6, 6.07) is 4.31. The van der Waals surface area contributed by atoms with E-state index in [0.29, 0.717) is 35.1 Å². The first kappa shape index (κ1) is 16.6. The Hall–Kier alpha value is -1.46. The van der Waals surface area contributed by atoms with Gasteiger partial charge in [0.25, 0.3) is 0 Å². The molecule has 1 unspecified atom stereocenters. The van der Waals surface area contributed by atoms with E-state index in [0.717, 1.165) is 0 Å². The van der Waals surface area contributed by atoms with Crippen molar-refractivity contribution in [1.82, 2.24) is 5.32 Å². The molecule has 0 amide bonds. The van der Waals surface area contributed by atoms with Crippen LogP contribution in [0.3, 0.4) is 0 Å². The van der Waals surface area contributed by atoms with E-state index < -0.39 is 12.0 Å². The number of methoxy groups -OCH3 is 1. The maximum atomic E-state index is 11.8. The Labute approximate surface area is 126 Å². The highest BCUT2D eigenvalue weighted by molar-refractivity contribution is 6.42. The van der Waals surface area contributed by atoms with E-state index in [2.05, 4.69) is 15.3 Å². The normalized spacial score (nSPS) is 11.6. The van der Waals surface area contributed by atoms with Crippen LogP contribution >= 0.6 is 23.2 Å². The average Bonchev–Trinajstić information content (AvgIpc) is 2.45. The molecular weight excluding hydrogens is 303 g/mol. The SMILES string of the molecule is COC(=O)C(NCCCN=[N+]=[N-])c1ccc(Cl)c(Cl)c1. The number of azide groups is 1. The van der Waals surface area contributed by atoms with Gasteiger partial charge in [-0.05, 0) is 36.2 Å². The zero-order valence-electron chi connectivity index (χ0n) is 10.8. The van der Waals surface area contributed by atoms with Gasteiger partial charge in [0.05, 0.1) is 17.2 Å². The van der Waals surface area contributed by atoms with E-state index in [1.54, 1.807) is 18.2 Å². The van der Waals surface area contributed by atoms with Crippen LogP contribution in [0.15, 0.2) is 23.3 Å². The van der Waals surface area contributed by atoms with Gasteiger partial charge in [-0.2, -0.15) is 0 Å². The van der Waals surface area contributed by atoms with Gasteiger partial charge in [0.2, 0.25) is 0 Å². The van der Waals surface area contributed by atoms with Crippen molar-refractivity contribution in [3.63, 3.8) is 0 Å². The number of hydrogen-bond donors (Lipinski definition) is 1. The summed E-state index contributed by atoms with van der Waals surface area (Å²) in [6.07, 6.45) is 0.610. The number of halogens is 2. The predicted molar refractivity (Wildman–Crippen MR) is 77.9 cm³/mol. The van der Waals surface area contributed by atoms with Crippen LogP contribution in [0.1, 0.15) is 18.0 Å². The Balaban J connectivity index is 2.75. The molecule has 0 heterocycles. The third kappa shape index (κ3) is 4.90. The lowest BCUT2D eigenvalue weighted by Gasteiger charge is -2.17. The largest absolute Gasteiger partial charge is 0.468 e. The highest BCUT2D eigenvalue weighted by atomic mass is 35.5. The van der Waals surface area contributed by atoms with E-state index >= 15 is 0 Å². The molecule has 108 valence electrons. The molecule has 0 saturated heterocycles. The predicted octanol–water partition coefficient (Wildman–Crippen LogP) is 3.50. The van der Waals surface area contributed by atoms with Crippen molar-refractivity contribution in [3.8, 4) is 0 Å². The molecule has 0 saturated carbocycles. The molecular formula is C12H14Cl2N4O2. The summed E-state index contributed by atoms with van der Waals surface area (Å²) in [5, 5.41) is 7.24. The van der Waals surface area contributed by atoms with Crippen LogP contribution in [0.25, 0.3) is 10.4 Å². The van der Waals surface area contributed by atoms with Crippen molar-refractivity contribution in [2.75, 3.05) is 20.2 Å². The summed E-state index contributed by atoms with van der Waals surface area (Å²) in [4.78, 5) is 14.4. The molecule has 0 spiro atoms. The molecule has 0 aliphatic carbocycles. The summed E-state index contributed by atoms with van der Waals surface area (Å²) in [6.45, 7) is 0.859. The molecule has 0 radical (unpaired) electrons. The molecule has 0 aromatic heterocycles. The second-order valence-electron chi connectivity index (χ2n) is 3.89. The van der Waals surface area contributed by atoms with Crippen molar-refractivity contribution in [3.05, 3.63) is 44.3 Å². The van der Waals surface area contributed by atoms with Crippen LogP contribution in [-0.4, -0.2) is 26.2 Å². The average molecular weight is 317 g/mol. The Morgan fingerprint density at radius 1 is 1.50 bits per heavy atom. The van der Waals surface area contributed by atoms with Crippen LogP contribution in [0.4, 0.5) is 0 Å². The smallest absolute Gasteiger partial charge is 0.327 e. The summed E-state index contributed by atoms with van der Waals surface area (Å²) >= 11 is 11.8. The zero-order valence-corrected chi connectivity index (χ0v) is 12.4. The second-order valence-corrected chi connectivity index (χ2v) is 4.71. The molecule has 0 aliphatic rings. The number of ether oxygens (including phenoxy) is 1. The fraction of sp³-hybridized carbons (Fsp3) is 0.417. The summed E-state index contributed by atoms with van der Waals surface area (Å²) in [5.74, 6) is -0.424. The third-order valence-electron chi connectivity index (χ3n) is 2.56. The number of nitrogens with zero attached hydrogens (tertiary/aromatic N) is 3. The van der Waals surface area contributed by atoms with Crippen LogP contribution in [0, 0.1) is 0 Å². The molecule has 0 fully saturated rings. The number of carbonyl (C=O) groups excluding carboxylic acids is 1. The molecule has 1 N–H and O–H groups in total. The van der Waals surface area contributed by atoms with Gasteiger partial charge in [-0.3, -0.25) is 0 Å². The quantitative estimate of drug-likeness (QED) is 0.274. The lowest BCUT2D eigenvalue weighted by Crippen LogP contribution is -2.30. The van der Waals surface area contributed by atoms with Crippen molar-refractivity contribution in [1.29, 1.82) is 0 Å². The van der Waals surface area contributed by atoms with Crippen LogP contribution in [-0.2, 0) is 9.53 Å². The minimum atomic E-state index is -0.638. The number of benzene rings is 1. The molecule has 1 aromatic rings. The molecule has 1 rings (SSSR count). The van der Waals surface area contributed by atoms with E-state index in [4.69, 9.17) is 33.5 Å². The number of rotatable bonds is 7. The maximum Gasteiger partial charge on any atom is 0.327 e. The minimum absolute atomic E-state index is 0.360. The van der Waals surface area contributed by atoms with Gasteiger partial charge in [-0.25, -0.2) is 4.79 Å². The first-order valence-corrected chi connectivity index (χ1v) is 6.62. The van der Waals surface area contributed by atoms with Crippen LogP contribution < -0.4 is 5.32 Å². The molecule has 1 aromatic carbocycles. The number of hydrogen-bond acceptors (Lipinski definition) is 4. The van der Waals surface area contributed by atoms with Gasteiger partial charge in [-0.1, -0.05) is 34.4 Å². The fourth-order valence-corrected chi connectivity index (χ4v) is 1.89. The van der Waals surface area contributed by atoms with Crippen LogP contribution in [0.5, 0.6) is 0 Å². The Morgan fingerprint density at radius 2 is 2.25 bits per heavy atom. The summed E-state index contributed by atoms with van der Waals surface area (Å²) in [7, 11) is 1.31. The highest BCUT2D eigenvalue weighted by Gasteiger charge is 2.21. The molecule has 6 nitrogen and oxygen atoms in total. The van der Waals surface area contributed by atoms with Crippen molar-refractivity contribution < 1.29 is 9.53 Å². The first-order valence-electron chi connectivity index (χ1n) is 5.87. The monoisotopic (exact) mass is 316 g/mol. The lowest BCUT2D eigenvalue weighted by molar-refractivity contribution is -0.143. The van der Waals surface area contributed by atoms with Gasteiger partial charge >= 0.3 is 5.97 Å². The first-order chi connectivity index (χ1) is 9.60. The van der Waals surface area contributed by atoms with E-state index in [9.17, 15) is 4.79 Å². The summed E-state index contributed by atoms with van der Waals surface area (Å²) in [5.41, 5.74) is 8.83. The van der Waals surface area contributed by atoms with Crippen molar-refractivity contribution in [2.24, 2.45) is 5.11 Å². The maximum absolute atomic E-state index is 11.8. The van der Waals surface area contributed by atoms with Gasteiger partial charge in [-0.15, -0.1) is 0 Å². The van der Waals surface area contributed by atoms with Gasteiger partial charge in [0.1, 0.15) is 6.04 Å².